The van der Waals surface area contributed by atoms with Gasteiger partial charge in [-0.2, -0.15) is 0 Å². The first-order valence-electron chi connectivity index (χ1n) is 12.8. The zero-order chi connectivity index (χ0) is 26.3. The molecule has 0 unspecified atom stereocenters. The van der Waals surface area contributed by atoms with Gasteiger partial charge in [-0.05, 0) is 40.3 Å². The number of rotatable bonds is 15. The third kappa shape index (κ3) is 9.60. The lowest BCUT2D eigenvalue weighted by Gasteiger charge is -2.29. The predicted molar refractivity (Wildman–Crippen MR) is 154 cm³/mol. The van der Waals surface area contributed by atoms with E-state index in [-0.39, 0.29) is 6.61 Å². The van der Waals surface area contributed by atoms with E-state index in [9.17, 15) is 5.11 Å². The van der Waals surface area contributed by atoms with Gasteiger partial charge < -0.3 is 19.3 Å². The fourth-order valence-corrected chi connectivity index (χ4v) is 4.58. The summed E-state index contributed by atoms with van der Waals surface area (Å²) in [7, 11) is 0. The van der Waals surface area contributed by atoms with Crippen LogP contribution in [0, 0.1) is 0 Å². The second kappa shape index (κ2) is 15.9. The van der Waals surface area contributed by atoms with Crippen LogP contribution in [0.2, 0.25) is 0 Å². The molecule has 38 heavy (non-hydrogen) atoms. The molecular formula is C33H34O4S. The Bertz CT molecular complexity index is 1190. The Morgan fingerprint density at radius 2 is 1.08 bits per heavy atom. The van der Waals surface area contributed by atoms with E-state index in [4.69, 9.17) is 14.2 Å². The highest BCUT2D eigenvalue weighted by molar-refractivity contribution is 8.02. The summed E-state index contributed by atoms with van der Waals surface area (Å²) in [5.41, 5.74) is 3.13. The number of thioether (sulfide) groups is 1. The van der Waals surface area contributed by atoms with Crippen LogP contribution in [0.1, 0.15) is 16.7 Å². The third-order valence-corrected chi connectivity index (χ3v) is 6.73. The zero-order valence-electron chi connectivity index (χ0n) is 21.3. The van der Waals surface area contributed by atoms with Crippen molar-refractivity contribution in [2.24, 2.45) is 0 Å². The van der Waals surface area contributed by atoms with E-state index in [0.717, 1.165) is 21.6 Å². The lowest BCUT2D eigenvalue weighted by atomic mass is 10.1. The van der Waals surface area contributed by atoms with Crippen molar-refractivity contribution in [3.8, 4) is 0 Å². The highest BCUT2D eigenvalue weighted by Crippen LogP contribution is 2.22. The summed E-state index contributed by atoms with van der Waals surface area (Å²) in [5, 5.41) is 13.3. The van der Waals surface area contributed by atoms with Crippen LogP contribution < -0.4 is 0 Å². The molecule has 5 heteroatoms. The minimum Gasteiger partial charge on any atom is -0.388 e. The number of hydrogen-bond acceptors (Lipinski definition) is 5. The summed E-state index contributed by atoms with van der Waals surface area (Å²) in [5.74, 6) is 0. The molecule has 0 heterocycles. The first-order valence-corrected chi connectivity index (χ1v) is 13.6. The molecule has 0 fully saturated rings. The lowest BCUT2D eigenvalue weighted by molar-refractivity contribution is -0.133. The van der Waals surface area contributed by atoms with Gasteiger partial charge in [-0.25, -0.2) is 0 Å². The summed E-state index contributed by atoms with van der Waals surface area (Å²) in [6.45, 7) is 1.29. The molecule has 4 nitrogen and oxygen atoms in total. The van der Waals surface area contributed by atoms with E-state index < -0.39 is 18.3 Å². The molecule has 4 rings (SSSR count). The molecule has 0 amide bonds. The number of aliphatic hydroxyl groups is 1. The molecule has 0 aromatic heterocycles. The van der Waals surface area contributed by atoms with Gasteiger partial charge in [0.2, 0.25) is 0 Å². The van der Waals surface area contributed by atoms with Gasteiger partial charge in [0.15, 0.2) is 0 Å². The molecular weight excluding hydrogens is 492 g/mol. The maximum Gasteiger partial charge on any atom is 0.116 e. The summed E-state index contributed by atoms with van der Waals surface area (Å²) in [4.78, 5) is 1.12. The molecule has 0 aliphatic rings. The molecule has 0 aliphatic heterocycles. The minimum atomic E-state index is -0.894. The van der Waals surface area contributed by atoms with Crippen molar-refractivity contribution >= 4 is 11.8 Å². The van der Waals surface area contributed by atoms with Crippen molar-refractivity contribution in [2.75, 3.05) is 6.61 Å². The van der Waals surface area contributed by atoms with Gasteiger partial charge in [0, 0.05) is 4.90 Å². The quantitative estimate of drug-likeness (QED) is 0.168. The van der Waals surface area contributed by atoms with Gasteiger partial charge in [0.05, 0.1) is 26.4 Å². The fraction of sp³-hybridized carbons (Fsp3) is 0.212. The van der Waals surface area contributed by atoms with Crippen molar-refractivity contribution in [3.05, 3.63) is 150 Å². The van der Waals surface area contributed by atoms with Crippen LogP contribution in [0.4, 0.5) is 0 Å². The summed E-state index contributed by atoms with van der Waals surface area (Å²) in [6, 6.07) is 40.0. The minimum absolute atomic E-state index is 0.124. The van der Waals surface area contributed by atoms with E-state index >= 15 is 0 Å². The van der Waals surface area contributed by atoms with E-state index in [1.54, 1.807) is 11.8 Å². The third-order valence-electron chi connectivity index (χ3n) is 5.89. The molecule has 0 aliphatic carbocycles. The average Bonchev–Trinajstić information content (AvgIpc) is 2.98. The topological polar surface area (TPSA) is 47.9 Å². The van der Waals surface area contributed by atoms with Gasteiger partial charge in [-0.15, -0.1) is 0 Å². The van der Waals surface area contributed by atoms with Crippen LogP contribution in [-0.2, 0) is 34.0 Å². The first kappa shape index (κ1) is 27.8. The molecule has 1 N–H and O–H groups in total. The molecule has 196 valence electrons. The van der Waals surface area contributed by atoms with E-state index in [1.165, 1.54) is 0 Å². The lowest BCUT2D eigenvalue weighted by Crippen LogP contribution is -2.42. The van der Waals surface area contributed by atoms with E-state index in [2.05, 4.69) is 12.1 Å². The van der Waals surface area contributed by atoms with Gasteiger partial charge in [0.1, 0.15) is 18.3 Å². The van der Waals surface area contributed by atoms with Gasteiger partial charge in [0.25, 0.3) is 0 Å². The standard InChI is InChI=1S/C33H34O4S/c34-31(26-35-23-27-13-5-1-6-14-27)33(37-25-29-17-9-3-10-18-29)32(36-24-28-15-7-2-8-16-28)21-22-38-30-19-11-4-12-20-30/h1-22,31-34H,23-26H2/b22-21+/t31-,32+,33-/m1/s1. The Morgan fingerprint density at radius 1 is 0.605 bits per heavy atom. The summed E-state index contributed by atoms with van der Waals surface area (Å²) >= 11 is 1.60. The van der Waals surface area contributed by atoms with Crippen LogP contribution in [0.5, 0.6) is 0 Å². The molecule has 0 spiro atoms. The second-order valence-electron chi connectivity index (χ2n) is 8.85. The average molecular weight is 527 g/mol. The van der Waals surface area contributed by atoms with Crippen LogP contribution in [-0.4, -0.2) is 30.0 Å². The predicted octanol–water partition coefficient (Wildman–Crippen LogP) is 7.04. The number of ether oxygens (including phenoxy) is 3. The van der Waals surface area contributed by atoms with Crippen LogP contribution >= 0.6 is 11.8 Å². The molecule has 0 saturated carbocycles. The van der Waals surface area contributed by atoms with Crippen molar-refractivity contribution in [1.29, 1.82) is 0 Å². The highest BCUT2D eigenvalue weighted by atomic mass is 32.2. The van der Waals surface area contributed by atoms with E-state index in [0.29, 0.717) is 19.8 Å². The van der Waals surface area contributed by atoms with Crippen LogP contribution in [0.15, 0.2) is 138 Å². The Kier molecular flexibility index (Phi) is 11.7. The van der Waals surface area contributed by atoms with Crippen LogP contribution in [0.3, 0.4) is 0 Å². The maximum atomic E-state index is 11.3. The molecule has 0 bridgehead atoms. The smallest absolute Gasteiger partial charge is 0.116 e. The van der Waals surface area contributed by atoms with Crippen LogP contribution in [0.25, 0.3) is 0 Å². The zero-order valence-corrected chi connectivity index (χ0v) is 22.2. The Morgan fingerprint density at radius 3 is 1.63 bits per heavy atom. The number of benzene rings is 4. The normalized spacial score (nSPS) is 13.8. The monoisotopic (exact) mass is 526 g/mol. The van der Waals surface area contributed by atoms with Gasteiger partial charge >= 0.3 is 0 Å². The van der Waals surface area contributed by atoms with Gasteiger partial charge in [-0.3, -0.25) is 0 Å². The Balaban J connectivity index is 1.49. The molecule has 0 saturated heterocycles. The number of hydrogen-bond donors (Lipinski definition) is 1. The van der Waals surface area contributed by atoms with E-state index in [1.807, 2.05) is 121 Å². The summed E-state index contributed by atoms with van der Waals surface area (Å²) < 4.78 is 18.6. The number of aliphatic hydroxyl groups excluding tert-OH is 1. The molecule has 3 atom stereocenters. The first-order chi connectivity index (χ1) is 18.8. The van der Waals surface area contributed by atoms with Crippen molar-refractivity contribution in [2.45, 2.75) is 43.0 Å². The van der Waals surface area contributed by atoms with Gasteiger partial charge in [-0.1, -0.05) is 121 Å². The Hall–Kier alpha value is -3.19. The van der Waals surface area contributed by atoms with Crippen molar-refractivity contribution < 1.29 is 19.3 Å². The molecule has 0 radical (unpaired) electrons. The maximum absolute atomic E-state index is 11.3. The SMILES string of the molecule is O[C@H](COCc1ccccc1)[C@@H](OCc1ccccc1)[C@H](/C=C/Sc1ccccc1)OCc1ccccc1. The Labute approximate surface area is 229 Å². The second-order valence-corrected chi connectivity index (χ2v) is 9.83. The largest absolute Gasteiger partial charge is 0.388 e. The highest BCUT2D eigenvalue weighted by Gasteiger charge is 2.29. The van der Waals surface area contributed by atoms with Crippen molar-refractivity contribution in [1.82, 2.24) is 0 Å². The molecule has 4 aromatic rings. The fourth-order valence-electron chi connectivity index (χ4n) is 3.88. The summed E-state index contributed by atoms with van der Waals surface area (Å²) in [6.07, 6.45) is -0.0567. The van der Waals surface area contributed by atoms with Crippen molar-refractivity contribution in [3.63, 3.8) is 0 Å². The molecule has 4 aromatic carbocycles.